The summed E-state index contributed by atoms with van der Waals surface area (Å²) in [4.78, 5) is 18.2. The van der Waals surface area contributed by atoms with Gasteiger partial charge in [0.05, 0.1) is 11.9 Å². The van der Waals surface area contributed by atoms with E-state index in [1.54, 1.807) is 12.4 Å². The number of carbonyl (C=O) groups is 1. The molecular weight excluding hydrogens is 158 g/mol. The molecule has 2 aliphatic rings. The monoisotopic (exact) mass is 163 g/mol. The number of nitrogens with zero attached hydrogens (tertiary/aromatic N) is 3. The summed E-state index contributed by atoms with van der Waals surface area (Å²) in [5, 5.41) is 8.58. The molecule has 0 atom stereocenters. The topological polar surface area (TPSA) is 68.0 Å². The molecule has 2 aliphatic heterocycles. The number of fused-ring (bicyclic) bond motifs is 1. The van der Waals surface area contributed by atoms with Crippen LogP contribution in [0.5, 0.6) is 0 Å². The molecular formula is C7H5N3O2. The lowest BCUT2D eigenvalue weighted by molar-refractivity contribution is 0.196. The van der Waals surface area contributed by atoms with Crippen molar-refractivity contribution in [2.45, 2.75) is 0 Å². The normalized spacial score (nSPS) is 10.3. The summed E-state index contributed by atoms with van der Waals surface area (Å²) in [5.74, 6) is 0. The highest BCUT2D eigenvalue weighted by molar-refractivity contribution is 5.70. The molecule has 0 saturated heterocycles. The van der Waals surface area contributed by atoms with E-state index in [1.165, 1.54) is 12.5 Å². The summed E-state index contributed by atoms with van der Waals surface area (Å²) >= 11 is 0. The molecule has 0 saturated carbocycles. The molecule has 60 valence electrons. The fourth-order valence-electron chi connectivity index (χ4n) is 0.948. The van der Waals surface area contributed by atoms with Crippen LogP contribution in [0.25, 0.3) is 11.3 Å². The first kappa shape index (κ1) is 6.78. The molecule has 0 bridgehead atoms. The molecule has 0 aromatic carbocycles. The number of hydrogen-bond donors (Lipinski definition) is 1. The third-order valence-electron chi connectivity index (χ3n) is 1.53. The van der Waals surface area contributed by atoms with Crippen molar-refractivity contribution in [3.8, 4) is 11.3 Å². The van der Waals surface area contributed by atoms with Gasteiger partial charge in [-0.25, -0.2) is 14.3 Å². The van der Waals surface area contributed by atoms with Crippen molar-refractivity contribution in [1.82, 2.24) is 14.5 Å². The van der Waals surface area contributed by atoms with Gasteiger partial charge in [-0.15, -0.1) is 0 Å². The van der Waals surface area contributed by atoms with Gasteiger partial charge in [0.2, 0.25) is 0 Å². The zero-order valence-corrected chi connectivity index (χ0v) is 6.01. The van der Waals surface area contributed by atoms with E-state index in [0.29, 0.717) is 5.69 Å². The van der Waals surface area contributed by atoms with Gasteiger partial charge in [0, 0.05) is 18.0 Å². The van der Waals surface area contributed by atoms with E-state index in [1.807, 2.05) is 0 Å². The van der Waals surface area contributed by atoms with Gasteiger partial charge in [-0.05, 0) is 0 Å². The Balaban J connectivity index is 2.62. The van der Waals surface area contributed by atoms with E-state index in [2.05, 4.69) is 9.97 Å². The standard InChI is InChI=1S/C7H5N3O2/c11-7(12)10-3-5-1-8-2-6(5)9-4-10/h1-4H,(H,11,12). The van der Waals surface area contributed by atoms with Gasteiger partial charge in [0.25, 0.3) is 0 Å². The van der Waals surface area contributed by atoms with E-state index in [0.717, 1.165) is 10.1 Å². The lowest BCUT2D eigenvalue weighted by Gasteiger charge is -2.00. The number of rotatable bonds is 0. The van der Waals surface area contributed by atoms with E-state index in [4.69, 9.17) is 5.11 Å². The van der Waals surface area contributed by atoms with Crippen molar-refractivity contribution in [3.63, 3.8) is 0 Å². The van der Waals surface area contributed by atoms with Crippen LogP contribution in [0, 0.1) is 0 Å². The highest BCUT2D eigenvalue weighted by Crippen LogP contribution is 2.15. The minimum atomic E-state index is -1.05. The Bertz CT molecular complexity index is 396. The summed E-state index contributed by atoms with van der Waals surface area (Å²) in [5.41, 5.74) is 1.42. The van der Waals surface area contributed by atoms with Crippen LogP contribution in [0.2, 0.25) is 0 Å². The van der Waals surface area contributed by atoms with Crippen LogP contribution in [0.15, 0.2) is 24.9 Å². The summed E-state index contributed by atoms with van der Waals surface area (Å²) in [6, 6.07) is 0. The lowest BCUT2D eigenvalue weighted by atomic mass is 10.3. The van der Waals surface area contributed by atoms with Gasteiger partial charge in [-0.2, -0.15) is 0 Å². The number of carboxylic acid groups (broad SMARTS) is 1. The van der Waals surface area contributed by atoms with Gasteiger partial charge in [0.1, 0.15) is 6.33 Å². The SMILES string of the molecule is O=C(O)n1cnc2cncc-2c1. The van der Waals surface area contributed by atoms with Crippen molar-refractivity contribution in [1.29, 1.82) is 0 Å². The lowest BCUT2D eigenvalue weighted by Crippen LogP contribution is -2.08. The van der Waals surface area contributed by atoms with E-state index >= 15 is 0 Å². The molecule has 2 rings (SSSR count). The second-order valence-electron chi connectivity index (χ2n) is 2.31. The van der Waals surface area contributed by atoms with Crippen LogP contribution in [-0.2, 0) is 0 Å². The molecule has 0 fully saturated rings. The molecule has 2 heterocycles. The fourth-order valence-corrected chi connectivity index (χ4v) is 0.948. The molecule has 1 N–H and O–H groups in total. The molecule has 0 radical (unpaired) electrons. The molecule has 0 amide bonds. The maximum Gasteiger partial charge on any atom is 0.416 e. The number of aromatic nitrogens is 3. The van der Waals surface area contributed by atoms with Crippen molar-refractivity contribution in [2.75, 3.05) is 0 Å². The first-order valence-electron chi connectivity index (χ1n) is 3.28. The smallest absolute Gasteiger partial charge is 0.416 e. The molecule has 0 unspecified atom stereocenters. The van der Waals surface area contributed by atoms with Gasteiger partial charge in [-0.3, -0.25) is 4.98 Å². The Morgan fingerprint density at radius 3 is 3.08 bits per heavy atom. The van der Waals surface area contributed by atoms with Crippen LogP contribution in [0.4, 0.5) is 4.79 Å². The van der Waals surface area contributed by atoms with Gasteiger partial charge in [0.15, 0.2) is 0 Å². The summed E-state index contributed by atoms with van der Waals surface area (Å²) < 4.78 is 0.990. The molecule has 0 aromatic heterocycles. The third kappa shape index (κ3) is 0.914. The highest BCUT2D eigenvalue weighted by atomic mass is 16.4. The minimum absolute atomic E-state index is 0.701. The highest BCUT2D eigenvalue weighted by Gasteiger charge is 2.06. The molecule has 5 heteroatoms. The van der Waals surface area contributed by atoms with Crippen LogP contribution in [0.1, 0.15) is 0 Å². The largest absolute Gasteiger partial charge is 0.464 e. The van der Waals surface area contributed by atoms with Gasteiger partial charge < -0.3 is 5.11 Å². The van der Waals surface area contributed by atoms with Crippen LogP contribution < -0.4 is 0 Å². The second kappa shape index (κ2) is 2.30. The second-order valence-corrected chi connectivity index (χ2v) is 2.31. The summed E-state index contributed by atoms with van der Waals surface area (Å²) in [7, 11) is 0. The van der Waals surface area contributed by atoms with Crippen molar-refractivity contribution in [2.24, 2.45) is 0 Å². The quantitative estimate of drug-likeness (QED) is 0.626. The Morgan fingerprint density at radius 2 is 2.33 bits per heavy atom. The van der Waals surface area contributed by atoms with E-state index < -0.39 is 6.09 Å². The zero-order valence-electron chi connectivity index (χ0n) is 6.01. The van der Waals surface area contributed by atoms with Gasteiger partial charge in [-0.1, -0.05) is 0 Å². The van der Waals surface area contributed by atoms with Gasteiger partial charge >= 0.3 is 6.09 Å². The fraction of sp³-hybridized carbons (Fsp3) is 0. The minimum Gasteiger partial charge on any atom is -0.464 e. The Kier molecular flexibility index (Phi) is 1.30. The molecule has 0 aromatic rings. The van der Waals surface area contributed by atoms with E-state index in [9.17, 15) is 4.79 Å². The van der Waals surface area contributed by atoms with Crippen molar-refractivity contribution < 1.29 is 9.90 Å². The van der Waals surface area contributed by atoms with Crippen LogP contribution in [-0.4, -0.2) is 25.7 Å². The third-order valence-corrected chi connectivity index (χ3v) is 1.53. The average Bonchev–Trinajstić information content (AvgIpc) is 2.49. The molecule has 0 spiro atoms. The molecule has 0 aliphatic carbocycles. The van der Waals surface area contributed by atoms with Crippen LogP contribution >= 0.6 is 0 Å². The Hall–Kier alpha value is -1.91. The predicted molar refractivity (Wildman–Crippen MR) is 40.1 cm³/mol. The van der Waals surface area contributed by atoms with Crippen molar-refractivity contribution >= 4 is 6.09 Å². The maximum atomic E-state index is 10.5. The molecule has 5 nitrogen and oxygen atoms in total. The Morgan fingerprint density at radius 1 is 1.50 bits per heavy atom. The average molecular weight is 163 g/mol. The summed E-state index contributed by atoms with van der Waals surface area (Å²) in [6.07, 6.45) is 4.82. The first-order chi connectivity index (χ1) is 5.77. The van der Waals surface area contributed by atoms with Crippen LogP contribution in [0.3, 0.4) is 0 Å². The molecule has 12 heavy (non-hydrogen) atoms. The maximum absolute atomic E-state index is 10.5. The Labute approximate surface area is 67.6 Å². The zero-order chi connectivity index (χ0) is 8.55. The summed E-state index contributed by atoms with van der Waals surface area (Å²) in [6.45, 7) is 0. The first-order valence-corrected chi connectivity index (χ1v) is 3.28. The van der Waals surface area contributed by atoms with Crippen molar-refractivity contribution in [3.05, 3.63) is 24.9 Å². The predicted octanol–water partition coefficient (Wildman–Crippen LogP) is 0.909. The number of hydrogen-bond acceptors (Lipinski definition) is 3. The van der Waals surface area contributed by atoms with E-state index in [-0.39, 0.29) is 0 Å².